The van der Waals surface area contributed by atoms with Crippen LogP contribution in [0.4, 0.5) is 4.39 Å². The van der Waals surface area contributed by atoms with E-state index in [1.807, 2.05) is 12.1 Å². The predicted octanol–water partition coefficient (Wildman–Crippen LogP) is 5.10. The molecule has 0 spiro atoms. The van der Waals surface area contributed by atoms with Crippen molar-refractivity contribution in [1.82, 2.24) is 9.80 Å². The second-order valence-electron chi connectivity index (χ2n) is 5.99. The van der Waals surface area contributed by atoms with E-state index in [-0.39, 0.29) is 5.82 Å². The molecule has 0 saturated carbocycles. The van der Waals surface area contributed by atoms with Gasteiger partial charge in [0.25, 0.3) is 0 Å². The molecule has 0 aliphatic carbocycles. The number of hydrogen-bond donors (Lipinski definition) is 0. The Morgan fingerprint density at radius 3 is 2.12 bits per heavy atom. The van der Waals surface area contributed by atoms with Crippen molar-refractivity contribution in [2.24, 2.45) is 0 Å². The van der Waals surface area contributed by atoms with E-state index in [1.54, 1.807) is 18.2 Å². The first-order valence-electron chi connectivity index (χ1n) is 7.84. The molecular weight excluding hydrogens is 370 g/mol. The molecular formula is C18H18Cl3FN2. The molecule has 6 heteroatoms. The third-order valence-corrected chi connectivity index (χ3v) is 5.26. The lowest BCUT2D eigenvalue weighted by Gasteiger charge is -2.35. The molecule has 1 heterocycles. The average Bonchev–Trinajstić information content (AvgIpc) is 2.55. The molecule has 0 aromatic heterocycles. The fourth-order valence-electron chi connectivity index (χ4n) is 2.90. The quantitative estimate of drug-likeness (QED) is 0.720. The van der Waals surface area contributed by atoms with Gasteiger partial charge in [0.1, 0.15) is 5.82 Å². The predicted molar refractivity (Wildman–Crippen MR) is 98.4 cm³/mol. The van der Waals surface area contributed by atoms with Crippen molar-refractivity contribution in [3.63, 3.8) is 0 Å². The molecule has 0 N–H and O–H groups in total. The van der Waals surface area contributed by atoms with Crippen LogP contribution in [0.25, 0.3) is 0 Å². The zero-order valence-electron chi connectivity index (χ0n) is 13.1. The van der Waals surface area contributed by atoms with Gasteiger partial charge < -0.3 is 0 Å². The summed E-state index contributed by atoms with van der Waals surface area (Å²) in [5.41, 5.74) is 1.65. The summed E-state index contributed by atoms with van der Waals surface area (Å²) in [6.07, 6.45) is 0. The van der Waals surface area contributed by atoms with Crippen molar-refractivity contribution in [1.29, 1.82) is 0 Å². The number of halogens is 4. The van der Waals surface area contributed by atoms with Gasteiger partial charge >= 0.3 is 0 Å². The number of piperazine rings is 1. The third-order valence-electron chi connectivity index (χ3n) is 4.32. The highest BCUT2D eigenvalue weighted by molar-refractivity contribution is 6.35. The van der Waals surface area contributed by atoms with Gasteiger partial charge in [0.2, 0.25) is 0 Å². The maximum Gasteiger partial charge on any atom is 0.129 e. The summed E-state index contributed by atoms with van der Waals surface area (Å²) >= 11 is 18.3. The summed E-state index contributed by atoms with van der Waals surface area (Å²) in [5.74, 6) is -0.238. The smallest absolute Gasteiger partial charge is 0.129 e. The van der Waals surface area contributed by atoms with Gasteiger partial charge in [-0.15, -0.1) is 0 Å². The topological polar surface area (TPSA) is 6.48 Å². The maximum absolute atomic E-state index is 13.9. The largest absolute Gasteiger partial charge is 0.296 e. The summed E-state index contributed by atoms with van der Waals surface area (Å²) < 4.78 is 13.9. The summed E-state index contributed by atoms with van der Waals surface area (Å²) in [5, 5.41) is 1.84. The molecule has 1 aliphatic heterocycles. The molecule has 2 nitrogen and oxygen atoms in total. The van der Waals surface area contributed by atoms with Crippen molar-refractivity contribution in [3.05, 3.63) is 68.4 Å². The summed E-state index contributed by atoms with van der Waals surface area (Å²) in [6.45, 7) is 4.90. The van der Waals surface area contributed by atoms with E-state index in [9.17, 15) is 4.39 Å². The summed E-state index contributed by atoms with van der Waals surface area (Å²) in [7, 11) is 0. The summed E-state index contributed by atoms with van der Waals surface area (Å²) in [4.78, 5) is 4.57. The first-order chi connectivity index (χ1) is 11.5. The van der Waals surface area contributed by atoms with Gasteiger partial charge in [-0.25, -0.2) is 4.39 Å². The van der Waals surface area contributed by atoms with Crippen molar-refractivity contribution in [2.75, 3.05) is 26.2 Å². The zero-order valence-corrected chi connectivity index (χ0v) is 15.4. The Kier molecular flexibility index (Phi) is 6.01. The lowest BCUT2D eigenvalue weighted by atomic mass is 10.1. The Morgan fingerprint density at radius 1 is 0.833 bits per heavy atom. The third kappa shape index (κ3) is 4.41. The van der Waals surface area contributed by atoms with Crippen LogP contribution in [0.3, 0.4) is 0 Å². The van der Waals surface area contributed by atoms with E-state index >= 15 is 0 Å². The van der Waals surface area contributed by atoms with E-state index in [2.05, 4.69) is 9.80 Å². The van der Waals surface area contributed by atoms with Gasteiger partial charge in [0.15, 0.2) is 0 Å². The second-order valence-corrected chi connectivity index (χ2v) is 7.24. The van der Waals surface area contributed by atoms with Crippen LogP contribution in [0, 0.1) is 5.82 Å². The molecule has 0 bridgehead atoms. The maximum atomic E-state index is 13.9. The number of nitrogens with zero attached hydrogens (tertiary/aromatic N) is 2. The van der Waals surface area contributed by atoms with Crippen LogP contribution in [0.2, 0.25) is 15.1 Å². The van der Waals surface area contributed by atoms with Crippen LogP contribution in [-0.4, -0.2) is 36.0 Å². The molecule has 1 aliphatic rings. The van der Waals surface area contributed by atoms with Crippen LogP contribution in [0.5, 0.6) is 0 Å². The van der Waals surface area contributed by atoms with Gasteiger partial charge in [0, 0.05) is 59.9 Å². The minimum Gasteiger partial charge on any atom is -0.296 e. The molecule has 3 rings (SSSR count). The Balaban J connectivity index is 1.56. The molecule has 1 fully saturated rings. The fourth-order valence-corrected chi connectivity index (χ4v) is 3.59. The SMILES string of the molecule is Fc1cccc(Cl)c1CN1CCN(Cc2ccc(Cl)cc2Cl)CC1. The molecule has 2 aromatic carbocycles. The number of rotatable bonds is 4. The zero-order chi connectivity index (χ0) is 17.1. The van der Waals surface area contributed by atoms with Crippen LogP contribution in [0.15, 0.2) is 36.4 Å². The first kappa shape index (κ1) is 18.0. The molecule has 0 atom stereocenters. The van der Waals surface area contributed by atoms with E-state index in [0.717, 1.165) is 38.3 Å². The standard InChI is InChI=1S/C18H18Cl3FN2/c19-14-5-4-13(17(21)10-14)11-23-6-8-24(9-7-23)12-15-16(20)2-1-3-18(15)22/h1-5,10H,6-9,11-12H2. The van der Waals surface area contributed by atoms with Gasteiger partial charge in [0.05, 0.1) is 0 Å². The molecule has 2 aromatic rings. The van der Waals surface area contributed by atoms with E-state index in [1.165, 1.54) is 6.07 Å². The van der Waals surface area contributed by atoms with Crippen LogP contribution in [0.1, 0.15) is 11.1 Å². The summed E-state index contributed by atoms with van der Waals surface area (Å²) in [6, 6.07) is 10.4. The minimum atomic E-state index is -0.238. The molecule has 0 radical (unpaired) electrons. The molecule has 0 unspecified atom stereocenters. The Morgan fingerprint density at radius 2 is 1.50 bits per heavy atom. The van der Waals surface area contributed by atoms with E-state index < -0.39 is 0 Å². The van der Waals surface area contributed by atoms with Gasteiger partial charge in [-0.3, -0.25) is 9.80 Å². The molecule has 128 valence electrons. The van der Waals surface area contributed by atoms with Gasteiger partial charge in [-0.1, -0.05) is 46.9 Å². The highest BCUT2D eigenvalue weighted by Crippen LogP contribution is 2.24. The highest BCUT2D eigenvalue weighted by Gasteiger charge is 2.20. The van der Waals surface area contributed by atoms with E-state index in [0.29, 0.717) is 27.2 Å². The normalized spacial score (nSPS) is 16.5. The van der Waals surface area contributed by atoms with Crippen LogP contribution >= 0.6 is 34.8 Å². The van der Waals surface area contributed by atoms with Gasteiger partial charge in [-0.05, 0) is 29.8 Å². The minimum absolute atomic E-state index is 0.238. The number of benzene rings is 2. The highest BCUT2D eigenvalue weighted by atomic mass is 35.5. The van der Waals surface area contributed by atoms with E-state index in [4.69, 9.17) is 34.8 Å². The monoisotopic (exact) mass is 386 g/mol. The fraction of sp³-hybridized carbons (Fsp3) is 0.333. The Bertz CT molecular complexity index is 695. The molecule has 1 saturated heterocycles. The Hall–Kier alpha value is -0.840. The van der Waals surface area contributed by atoms with Crippen LogP contribution in [-0.2, 0) is 13.1 Å². The second kappa shape index (κ2) is 8.03. The number of hydrogen-bond acceptors (Lipinski definition) is 2. The molecule has 0 amide bonds. The van der Waals surface area contributed by atoms with Crippen molar-refractivity contribution < 1.29 is 4.39 Å². The lowest BCUT2D eigenvalue weighted by molar-refractivity contribution is 0.121. The first-order valence-corrected chi connectivity index (χ1v) is 8.98. The van der Waals surface area contributed by atoms with Crippen molar-refractivity contribution in [2.45, 2.75) is 13.1 Å². The van der Waals surface area contributed by atoms with Crippen molar-refractivity contribution in [3.8, 4) is 0 Å². The van der Waals surface area contributed by atoms with Crippen LogP contribution < -0.4 is 0 Å². The average molecular weight is 388 g/mol. The Labute approximate surface area is 156 Å². The lowest BCUT2D eigenvalue weighted by Crippen LogP contribution is -2.45. The van der Waals surface area contributed by atoms with Gasteiger partial charge in [-0.2, -0.15) is 0 Å². The van der Waals surface area contributed by atoms with Crippen molar-refractivity contribution >= 4 is 34.8 Å². The molecule has 24 heavy (non-hydrogen) atoms.